The number of nitrogens with zero attached hydrogens (tertiary/aromatic N) is 6. The van der Waals surface area contributed by atoms with E-state index in [9.17, 15) is 4.79 Å². The van der Waals surface area contributed by atoms with E-state index in [1.54, 1.807) is 11.7 Å². The van der Waals surface area contributed by atoms with Crippen molar-refractivity contribution in [1.29, 1.82) is 0 Å². The monoisotopic (exact) mass is 490 g/mol. The number of aromatic nitrogens is 6. The van der Waals surface area contributed by atoms with Crippen LogP contribution >= 0.6 is 11.8 Å². The van der Waals surface area contributed by atoms with Gasteiger partial charge in [0.15, 0.2) is 11.0 Å². The predicted octanol–water partition coefficient (Wildman–Crippen LogP) is 4.37. The number of ether oxygens (including phenoxy) is 1. The van der Waals surface area contributed by atoms with Gasteiger partial charge >= 0.3 is 0 Å². The van der Waals surface area contributed by atoms with Crippen LogP contribution < -0.4 is 10.3 Å². The molecule has 0 bridgehead atoms. The molecule has 3 heterocycles. The Balaban J connectivity index is 1.51. The van der Waals surface area contributed by atoms with Crippen molar-refractivity contribution in [1.82, 2.24) is 29.3 Å². The van der Waals surface area contributed by atoms with Crippen LogP contribution in [0.4, 0.5) is 0 Å². The second-order valence-electron chi connectivity index (χ2n) is 8.66. The third kappa shape index (κ3) is 4.66. The predicted molar refractivity (Wildman–Crippen MR) is 134 cm³/mol. The van der Waals surface area contributed by atoms with Gasteiger partial charge in [-0.1, -0.05) is 61.1 Å². The minimum absolute atomic E-state index is 0.130. The number of methoxy groups -OCH3 is 1. The first-order valence-electron chi connectivity index (χ1n) is 11.5. The molecular weight excluding hydrogens is 464 g/mol. The van der Waals surface area contributed by atoms with Crippen LogP contribution in [0.15, 0.2) is 63.0 Å². The third-order valence-corrected chi connectivity index (χ3v) is 6.69. The minimum Gasteiger partial charge on any atom is -0.496 e. The SMILES string of the molecule is COc1ccccc1Cn1c(=O)c2ccccc2n2c(SCc3nc(CCC(C)C)no3)nnc12. The van der Waals surface area contributed by atoms with E-state index in [0.717, 1.165) is 29.7 Å². The highest BCUT2D eigenvalue weighted by atomic mass is 32.2. The van der Waals surface area contributed by atoms with Crippen molar-refractivity contribution >= 4 is 28.4 Å². The van der Waals surface area contributed by atoms with Crippen molar-refractivity contribution in [3.05, 3.63) is 76.2 Å². The molecule has 0 radical (unpaired) electrons. The summed E-state index contributed by atoms with van der Waals surface area (Å²) in [6, 6.07) is 15.1. The molecule has 5 rings (SSSR count). The molecule has 0 amide bonds. The van der Waals surface area contributed by atoms with Gasteiger partial charge in [0, 0.05) is 12.0 Å². The second-order valence-corrected chi connectivity index (χ2v) is 9.61. The molecule has 0 atom stereocenters. The Labute approximate surface area is 206 Å². The average Bonchev–Trinajstić information content (AvgIpc) is 3.51. The van der Waals surface area contributed by atoms with Crippen molar-refractivity contribution in [2.24, 2.45) is 5.92 Å². The van der Waals surface area contributed by atoms with Crippen molar-refractivity contribution in [2.45, 2.75) is 44.1 Å². The van der Waals surface area contributed by atoms with Crippen molar-refractivity contribution < 1.29 is 9.26 Å². The van der Waals surface area contributed by atoms with Crippen molar-refractivity contribution in [3.63, 3.8) is 0 Å². The zero-order valence-electron chi connectivity index (χ0n) is 19.8. The smallest absolute Gasteiger partial charge is 0.263 e. The van der Waals surface area contributed by atoms with Crippen LogP contribution in [0.3, 0.4) is 0 Å². The van der Waals surface area contributed by atoms with Crippen LogP contribution in [0.25, 0.3) is 16.7 Å². The fraction of sp³-hybridized carbons (Fsp3) is 0.320. The van der Waals surface area contributed by atoms with E-state index >= 15 is 0 Å². The van der Waals surface area contributed by atoms with Gasteiger partial charge in [0.1, 0.15) is 5.75 Å². The first-order valence-corrected chi connectivity index (χ1v) is 12.5. The van der Waals surface area contributed by atoms with Gasteiger partial charge in [-0.05, 0) is 30.5 Å². The standard InChI is InChI=1S/C25H26N6O3S/c1-16(2)12-13-21-26-22(34-29-21)15-35-25-28-27-24-30(14-17-8-4-7-11-20(17)33-3)23(32)18-9-5-6-10-19(18)31(24)25/h4-11,16H,12-15H2,1-3H3. The molecule has 0 spiro atoms. The molecule has 3 aromatic heterocycles. The van der Waals surface area contributed by atoms with Crippen LogP contribution in [0.1, 0.15) is 37.5 Å². The molecule has 0 saturated heterocycles. The molecule has 0 aliphatic carbocycles. The summed E-state index contributed by atoms with van der Waals surface area (Å²) in [7, 11) is 1.62. The molecule has 2 aromatic carbocycles. The lowest BCUT2D eigenvalue weighted by Crippen LogP contribution is -2.24. The van der Waals surface area contributed by atoms with Crippen molar-refractivity contribution in [3.8, 4) is 5.75 Å². The molecular formula is C25H26N6O3S. The number of thioether (sulfide) groups is 1. The number of fused-ring (bicyclic) bond motifs is 3. The molecule has 35 heavy (non-hydrogen) atoms. The second kappa shape index (κ2) is 9.91. The summed E-state index contributed by atoms with van der Waals surface area (Å²) < 4.78 is 14.5. The molecule has 0 fully saturated rings. The molecule has 9 nitrogen and oxygen atoms in total. The fourth-order valence-electron chi connectivity index (χ4n) is 3.97. The molecule has 0 N–H and O–H groups in total. The highest BCUT2D eigenvalue weighted by Gasteiger charge is 2.19. The number of hydrogen-bond donors (Lipinski definition) is 0. The van der Waals surface area contributed by atoms with Crippen LogP contribution in [-0.4, -0.2) is 36.4 Å². The number of hydrogen-bond acceptors (Lipinski definition) is 8. The summed E-state index contributed by atoms with van der Waals surface area (Å²) in [6.45, 7) is 4.65. The van der Waals surface area contributed by atoms with Gasteiger partial charge in [0.25, 0.3) is 5.56 Å². The molecule has 10 heteroatoms. The molecule has 0 aliphatic rings. The van der Waals surface area contributed by atoms with E-state index in [4.69, 9.17) is 9.26 Å². The Hall–Kier alpha value is -3.66. The Morgan fingerprint density at radius 3 is 2.71 bits per heavy atom. The Kier molecular flexibility index (Phi) is 6.54. The van der Waals surface area contributed by atoms with Gasteiger partial charge in [-0.3, -0.25) is 13.8 Å². The normalized spacial score (nSPS) is 11.7. The lowest BCUT2D eigenvalue weighted by atomic mass is 10.1. The summed E-state index contributed by atoms with van der Waals surface area (Å²) in [5.41, 5.74) is 1.50. The lowest BCUT2D eigenvalue weighted by molar-refractivity contribution is 0.383. The number of benzene rings is 2. The summed E-state index contributed by atoms with van der Waals surface area (Å²) in [5.74, 6) is 3.47. The largest absolute Gasteiger partial charge is 0.496 e. The first-order chi connectivity index (χ1) is 17.0. The average molecular weight is 491 g/mol. The summed E-state index contributed by atoms with van der Waals surface area (Å²) >= 11 is 1.44. The Morgan fingerprint density at radius 1 is 1.09 bits per heavy atom. The maximum Gasteiger partial charge on any atom is 0.263 e. The number of aryl methyl sites for hydroxylation is 1. The summed E-state index contributed by atoms with van der Waals surface area (Å²) in [4.78, 5) is 18.0. The van der Waals surface area contributed by atoms with Gasteiger partial charge in [0.2, 0.25) is 11.7 Å². The van der Waals surface area contributed by atoms with Crippen LogP contribution in [0, 0.1) is 5.92 Å². The first kappa shape index (κ1) is 23.1. The molecule has 0 aliphatic heterocycles. The van der Waals surface area contributed by atoms with E-state index in [1.807, 2.05) is 52.9 Å². The zero-order valence-corrected chi connectivity index (χ0v) is 20.7. The van der Waals surface area contributed by atoms with Gasteiger partial charge in [-0.15, -0.1) is 10.2 Å². The fourth-order valence-corrected chi connectivity index (χ4v) is 4.75. The molecule has 0 saturated carbocycles. The Morgan fingerprint density at radius 2 is 1.89 bits per heavy atom. The highest BCUT2D eigenvalue weighted by Crippen LogP contribution is 2.25. The maximum atomic E-state index is 13.4. The van der Waals surface area contributed by atoms with E-state index in [0.29, 0.717) is 46.2 Å². The molecule has 5 aromatic rings. The van der Waals surface area contributed by atoms with E-state index < -0.39 is 0 Å². The number of para-hydroxylation sites is 2. The zero-order chi connectivity index (χ0) is 24.4. The van der Waals surface area contributed by atoms with E-state index in [1.165, 1.54) is 11.8 Å². The van der Waals surface area contributed by atoms with E-state index in [2.05, 4.69) is 34.2 Å². The van der Waals surface area contributed by atoms with Crippen molar-refractivity contribution in [2.75, 3.05) is 7.11 Å². The Bertz CT molecular complexity index is 1540. The van der Waals surface area contributed by atoms with Crippen LogP contribution in [-0.2, 0) is 18.7 Å². The van der Waals surface area contributed by atoms with Gasteiger partial charge in [0.05, 0.1) is 30.3 Å². The lowest BCUT2D eigenvalue weighted by Gasteiger charge is -2.13. The maximum absolute atomic E-state index is 13.4. The van der Waals surface area contributed by atoms with Crippen LogP contribution in [0.5, 0.6) is 5.75 Å². The minimum atomic E-state index is -0.130. The topological polar surface area (TPSA) is 100 Å². The number of rotatable bonds is 9. The third-order valence-electron chi connectivity index (χ3n) is 5.78. The highest BCUT2D eigenvalue weighted by molar-refractivity contribution is 7.98. The summed E-state index contributed by atoms with van der Waals surface area (Å²) in [5, 5.41) is 14.1. The van der Waals surface area contributed by atoms with Gasteiger partial charge in [-0.25, -0.2) is 0 Å². The summed E-state index contributed by atoms with van der Waals surface area (Å²) in [6.07, 6.45) is 1.80. The quantitative estimate of drug-likeness (QED) is 0.281. The molecule has 180 valence electrons. The van der Waals surface area contributed by atoms with E-state index in [-0.39, 0.29) is 5.56 Å². The van der Waals surface area contributed by atoms with Gasteiger partial charge in [-0.2, -0.15) is 4.98 Å². The van der Waals surface area contributed by atoms with Crippen LogP contribution in [0.2, 0.25) is 0 Å². The van der Waals surface area contributed by atoms with Gasteiger partial charge < -0.3 is 9.26 Å². The molecule has 0 unspecified atom stereocenters.